The maximum absolute atomic E-state index is 12.5. The van der Waals surface area contributed by atoms with Gasteiger partial charge >= 0.3 is 11.9 Å². The number of carbonyl (C=O) groups excluding carboxylic acids is 1. The van der Waals surface area contributed by atoms with Gasteiger partial charge in [-0.1, -0.05) is 25.5 Å². The molecule has 1 aromatic carbocycles. The molecule has 9 nitrogen and oxygen atoms in total. The number of carboxylic acids is 2. The Morgan fingerprint density at radius 2 is 1.71 bits per heavy atom. The van der Waals surface area contributed by atoms with Gasteiger partial charge in [0.1, 0.15) is 0 Å². The number of ether oxygens (including phenoxy) is 2. The molecular weight excluding hydrogens is 404 g/mol. The molecule has 0 unspecified atom stereocenters. The number of methoxy groups -OCH3 is 2. The summed E-state index contributed by atoms with van der Waals surface area (Å²) in [6, 6.07) is 5.99. The molecule has 0 radical (unpaired) electrons. The van der Waals surface area contributed by atoms with Gasteiger partial charge in [0.05, 0.1) is 14.2 Å². The predicted molar refractivity (Wildman–Crippen MR) is 115 cm³/mol. The second-order valence-electron chi connectivity index (χ2n) is 7.43. The third-order valence-corrected chi connectivity index (χ3v) is 5.22. The minimum Gasteiger partial charge on any atom is -0.493 e. The van der Waals surface area contributed by atoms with E-state index in [0.29, 0.717) is 5.91 Å². The Morgan fingerprint density at radius 1 is 1.10 bits per heavy atom. The van der Waals surface area contributed by atoms with Crippen LogP contribution in [0.3, 0.4) is 0 Å². The van der Waals surface area contributed by atoms with Crippen molar-refractivity contribution in [3.8, 4) is 11.5 Å². The van der Waals surface area contributed by atoms with Gasteiger partial charge < -0.3 is 24.6 Å². The molecule has 1 aliphatic heterocycles. The number of carbonyl (C=O) groups is 3. The van der Waals surface area contributed by atoms with Gasteiger partial charge in [0, 0.05) is 31.6 Å². The summed E-state index contributed by atoms with van der Waals surface area (Å²) in [6.07, 6.45) is 4.07. The number of nitrogens with zero attached hydrogens (tertiary/aromatic N) is 2. The van der Waals surface area contributed by atoms with Crippen LogP contribution in [0.4, 0.5) is 0 Å². The average molecular weight is 439 g/mol. The Balaban J connectivity index is 0.000000703. The summed E-state index contributed by atoms with van der Waals surface area (Å²) in [5.41, 5.74) is 1.13. The average Bonchev–Trinajstić information content (AvgIpc) is 2.77. The number of para-hydroxylation sites is 1. The number of piperidine rings is 1. The van der Waals surface area contributed by atoms with Crippen LogP contribution in [-0.4, -0.2) is 78.8 Å². The highest BCUT2D eigenvalue weighted by atomic mass is 16.5. The van der Waals surface area contributed by atoms with Crippen LogP contribution in [0.2, 0.25) is 0 Å². The van der Waals surface area contributed by atoms with Crippen LogP contribution in [0.15, 0.2) is 18.2 Å². The zero-order valence-corrected chi connectivity index (χ0v) is 18.8. The summed E-state index contributed by atoms with van der Waals surface area (Å²) < 4.78 is 10.9. The summed E-state index contributed by atoms with van der Waals surface area (Å²) in [4.78, 5) is 35.0. The fourth-order valence-electron chi connectivity index (χ4n) is 3.47. The fourth-order valence-corrected chi connectivity index (χ4v) is 3.47. The van der Waals surface area contributed by atoms with Crippen molar-refractivity contribution in [1.29, 1.82) is 0 Å². The molecule has 1 fully saturated rings. The van der Waals surface area contributed by atoms with Crippen LogP contribution in [-0.2, 0) is 20.9 Å². The Bertz CT molecular complexity index is 719. The third kappa shape index (κ3) is 8.45. The highest BCUT2D eigenvalue weighted by Crippen LogP contribution is 2.32. The van der Waals surface area contributed by atoms with Gasteiger partial charge in [0.15, 0.2) is 11.5 Å². The van der Waals surface area contributed by atoms with E-state index < -0.39 is 11.9 Å². The zero-order chi connectivity index (χ0) is 23.4. The maximum Gasteiger partial charge on any atom is 0.414 e. The number of unbranched alkanes of at least 4 members (excludes halogenated alkanes) is 1. The van der Waals surface area contributed by atoms with Crippen molar-refractivity contribution in [2.24, 2.45) is 5.92 Å². The van der Waals surface area contributed by atoms with Gasteiger partial charge in [0.25, 0.3) is 0 Å². The number of rotatable bonds is 8. The van der Waals surface area contributed by atoms with E-state index in [2.05, 4.69) is 17.9 Å². The quantitative estimate of drug-likeness (QED) is 0.594. The molecule has 1 saturated heterocycles. The molecule has 0 aromatic heterocycles. The van der Waals surface area contributed by atoms with Gasteiger partial charge in [0.2, 0.25) is 5.91 Å². The van der Waals surface area contributed by atoms with Crippen molar-refractivity contribution in [3.63, 3.8) is 0 Å². The number of likely N-dealkylation sites (tertiary alicyclic amines) is 1. The van der Waals surface area contributed by atoms with Crippen molar-refractivity contribution in [2.45, 2.75) is 39.2 Å². The second kappa shape index (κ2) is 13.5. The lowest BCUT2D eigenvalue weighted by Gasteiger charge is -2.33. The first-order valence-electron chi connectivity index (χ1n) is 10.4. The Morgan fingerprint density at radius 3 is 2.19 bits per heavy atom. The van der Waals surface area contributed by atoms with Crippen molar-refractivity contribution in [3.05, 3.63) is 23.8 Å². The van der Waals surface area contributed by atoms with Crippen molar-refractivity contribution >= 4 is 17.8 Å². The van der Waals surface area contributed by atoms with E-state index in [-0.39, 0.29) is 5.92 Å². The molecule has 0 saturated carbocycles. The van der Waals surface area contributed by atoms with Crippen LogP contribution < -0.4 is 9.47 Å². The summed E-state index contributed by atoms with van der Waals surface area (Å²) in [6.45, 7) is 5.74. The predicted octanol–water partition coefficient (Wildman–Crippen LogP) is 2.33. The van der Waals surface area contributed by atoms with Crippen LogP contribution in [0.5, 0.6) is 11.5 Å². The van der Waals surface area contributed by atoms with E-state index in [1.165, 1.54) is 0 Å². The molecule has 1 amide bonds. The zero-order valence-electron chi connectivity index (χ0n) is 18.8. The molecule has 1 aliphatic rings. The Kier molecular flexibility index (Phi) is 11.4. The lowest BCUT2D eigenvalue weighted by atomic mass is 9.95. The largest absolute Gasteiger partial charge is 0.493 e. The number of hydrogen-bond acceptors (Lipinski definition) is 6. The van der Waals surface area contributed by atoms with Gasteiger partial charge in [-0.05, 0) is 38.4 Å². The Labute approximate surface area is 183 Å². The first kappa shape index (κ1) is 26.2. The topological polar surface area (TPSA) is 117 Å². The molecule has 2 N–H and O–H groups in total. The van der Waals surface area contributed by atoms with E-state index in [1.54, 1.807) is 14.2 Å². The van der Waals surface area contributed by atoms with Crippen LogP contribution in [0.25, 0.3) is 0 Å². The van der Waals surface area contributed by atoms with E-state index in [4.69, 9.17) is 29.3 Å². The van der Waals surface area contributed by atoms with E-state index in [0.717, 1.165) is 68.9 Å². The number of carboxylic acid groups (broad SMARTS) is 2. The summed E-state index contributed by atoms with van der Waals surface area (Å²) >= 11 is 0. The van der Waals surface area contributed by atoms with Gasteiger partial charge in [-0.3, -0.25) is 9.69 Å². The standard InChI is InChI=1S/C20H32N2O3.C2H2O4/c1-5-6-12-21(2)20(23)16-10-13-22(14-11-16)15-17-8-7-9-18(24-3)19(17)25-4;3-1(4)2(5)6/h7-9,16H,5-6,10-15H2,1-4H3;(H,3,4)(H,5,6). The van der Waals surface area contributed by atoms with Crippen molar-refractivity contribution in [2.75, 3.05) is 40.9 Å². The maximum atomic E-state index is 12.5. The fraction of sp³-hybridized carbons (Fsp3) is 0.591. The number of hydrogen-bond donors (Lipinski definition) is 2. The lowest BCUT2D eigenvalue weighted by Crippen LogP contribution is -2.41. The van der Waals surface area contributed by atoms with Crippen LogP contribution in [0, 0.1) is 5.92 Å². The summed E-state index contributed by atoms with van der Waals surface area (Å²) in [5.74, 6) is -1.59. The smallest absolute Gasteiger partial charge is 0.414 e. The molecule has 31 heavy (non-hydrogen) atoms. The van der Waals surface area contributed by atoms with Crippen LogP contribution in [0.1, 0.15) is 38.2 Å². The molecule has 0 bridgehead atoms. The molecule has 0 aliphatic carbocycles. The van der Waals surface area contributed by atoms with Gasteiger partial charge in [-0.25, -0.2) is 9.59 Å². The molecule has 0 spiro atoms. The van der Waals surface area contributed by atoms with E-state index >= 15 is 0 Å². The Hall–Kier alpha value is -2.81. The number of benzene rings is 1. The second-order valence-corrected chi connectivity index (χ2v) is 7.43. The number of amides is 1. The molecule has 9 heteroatoms. The number of aliphatic carboxylic acids is 2. The molecular formula is C22H34N2O7. The monoisotopic (exact) mass is 438 g/mol. The van der Waals surface area contributed by atoms with E-state index in [9.17, 15) is 4.79 Å². The highest BCUT2D eigenvalue weighted by Gasteiger charge is 2.27. The first-order chi connectivity index (χ1) is 14.7. The van der Waals surface area contributed by atoms with Gasteiger partial charge in [-0.2, -0.15) is 0 Å². The van der Waals surface area contributed by atoms with Crippen molar-refractivity contribution < 1.29 is 34.1 Å². The molecule has 174 valence electrons. The molecule has 0 atom stereocenters. The normalized spacial score (nSPS) is 14.2. The van der Waals surface area contributed by atoms with Gasteiger partial charge in [-0.15, -0.1) is 0 Å². The SMILES string of the molecule is CCCCN(C)C(=O)C1CCN(Cc2cccc(OC)c2OC)CC1.O=C(O)C(=O)O. The molecule has 2 rings (SSSR count). The van der Waals surface area contributed by atoms with Crippen LogP contribution >= 0.6 is 0 Å². The third-order valence-electron chi connectivity index (χ3n) is 5.22. The minimum atomic E-state index is -1.82. The van der Waals surface area contributed by atoms with E-state index in [1.807, 2.05) is 24.1 Å². The summed E-state index contributed by atoms with van der Waals surface area (Å²) in [5, 5.41) is 14.8. The summed E-state index contributed by atoms with van der Waals surface area (Å²) in [7, 11) is 5.28. The lowest BCUT2D eigenvalue weighted by molar-refractivity contribution is -0.159. The van der Waals surface area contributed by atoms with Crippen molar-refractivity contribution in [1.82, 2.24) is 9.80 Å². The minimum absolute atomic E-state index is 0.172. The first-order valence-corrected chi connectivity index (χ1v) is 10.4. The molecule has 1 heterocycles. The molecule has 1 aromatic rings. The highest BCUT2D eigenvalue weighted by molar-refractivity contribution is 6.27.